The first-order valence-electron chi connectivity index (χ1n) is 8.48. The van der Waals surface area contributed by atoms with Crippen LogP contribution in [0.4, 0.5) is 5.69 Å². The smallest absolute Gasteiger partial charge is 0.243 e. The SMILES string of the molecule is CC(=O)Nc1ccc(-c2c[n+](C)cn2C)cc1.Cc1ccc(S(=O)(=O)[O-])cc1. The molecule has 1 heterocycles. The second-order valence-electron chi connectivity index (χ2n) is 6.43. The lowest BCUT2D eigenvalue weighted by molar-refractivity contribution is -0.670. The van der Waals surface area contributed by atoms with Gasteiger partial charge in [-0.15, -0.1) is 0 Å². The summed E-state index contributed by atoms with van der Waals surface area (Å²) >= 11 is 0. The Balaban J connectivity index is 0.000000221. The Labute approximate surface area is 165 Å². The molecule has 0 fully saturated rings. The molecule has 7 nitrogen and oxygen atoms in total. The summed E-state index contributed by atoms with van der Waals surface area (Å²) in [6.07, 6.45) is 4.07. The summed E-state index contributed by atoms with van der Waals surface area (Å²) in [5.74, 6) is -0.0528. The van der Waals surface area contributed by atoms with Crippen LogP contribution in [-0.2, 0) is 29.0 Å². The van der Waals surface area contributed by atoms with Crippen molar-refractivity contribution in [2.75, 3.05) is 5.32 Å². The van der Waals surface area contributed by atoms with E-state index in [4.69, 9.17) is 0 Å². The Morgan fingerprint density at radius 3 is 2.07 bits per heavy atom. The lowest BCUT2D eigenvalue weighted by Crippen LogP contribution is -2.23. The molecule has 1 amide bonds. The fourth-order valence-corrected chi connectivity index (χ4v) is 3.03. The van der Waals surface area contributed by atoms with Crippen molar-refractivity contribution in [1.82, 2.24) is 4.57 Å². The molecule has 0 saturated heterocycles. The first-order valence-corrected chi connectivity index (χ1v) is 9.89. The van der Waals surface area contributed by atoms with Crippen LogP contribution in [0.3, 0.4) is 0 Å². The third-order valence-corrected chi connectivity index (χ3v) is 4.72. The molecule has 0 bridgehead atoms. The average molecular weight is 401 g/mol. The number of aryl methyl sites for hydroxylation is 3. The predicted octanol–water partition coefficient (Wildman–Crippen LogP) is 2.37. The molecule has 0 aliphatic carbocycles. The number of benzene rings is 2. The molecule has 8 heteroatoms. The zero-order valence-corrected chi connectivity index (χ0v) is 17.0. The van der Waals surface area contributed by atoms with Gasteiger partial charge in [-0.05, 0) is 43.3 Å². The minimum absolute atomic E-state index is 0.0528. The van der Waals surface area contributed by atoms with Gasteiger partial charge in [0.05, 0.1) is 19.0 Å². The highest BCUT2D eigenvalue weighted by molar-refractivity contribution is 7.85. The van der Waals surface area contributed by atoms with Crippen molar-refractivity contribution < 1.29 is 22.3 Å². The van der Waals surface area contributed by atoms with Gasteiger partial charge in [0.1, 0.15) is 16.3 Å². The summed E-state index contributed by atoms with van der Waals surface area (Å²) in [4.78, 5) is 10.7. The monoisotopic (exact) mass is 401 g/mol. The zero-order valence-electron chi connectivity index (χ0n) is 16.2. The lowest BCUT2D eigenvalue weighted by Gasteiger charge is -2.05. The molecule has 28 heavy (non-hydrogen) atoms. The number of anilines is 1. The maximum absolute atomic E-state index is 10.9. The molecular formula is C20H23N3O4S. The number of carbonyl (C=O) groups excluding carboxylic acids is 1. The minimum Gasteiger partial charge on any atom is -0.744 e. The van der Waals surface area contributed by atoms with E-state index in [1.165, 1.54) is 19.1 Å². The van der Waals surface area contributed by atoms with Crippen molar-refractivity contribution >= 4 is 21.7 Å². The highest BCUT2D eigenvalue weighted by Gasteiger charge is 2.10. The molecular weight excluding hydrogens is 378 g/mol. The lowest BCUT2D eigenvalue weighted by atomic mass is 10.1. The summed E-state index contributed by atoms with van der Waals surface area (Å²) in [7, 11) is -0.263. The van der Waals surface area contributed by atoms with Gasteiger partial charge in [-0.3, -0.25) is 4.79 Å². The van der Waals surface area contributed by atoms with Crippen LogP contribution < -0.4 is 9.88 Å². The number of amides is 1. The molecule has 0 aliphatic rings. The first kappa shape index (κ1) is 21.3. The van der Waals surface area contributed by atoms with Gasteiger partial charge < -0.3 is 9.87 Å². The van der Waals surface area contributed by atoms with E-state index in [0.29, 0.717) is 0 Å². The summed E-state index contributed by atoms with van der Waals surface area (Å²) in [5.41, 5.74) is 4.02. The van der Waals surface area contributed by atoms with Crippen molar-refractivity contribution in [1.29, 1.82) is 0 Å². The second kappa shape index (κ2) is 8.81. The number of aromatic nitrogens is 2. The molecule has 0 spiro atoms. The molecule has 148 valence electrons. The first-order chi connectivity index (χ1) is 13.1. The van der Waals surface area contributed by atoms with Gasteiger partial charge in [0, 0.05) is 18.2 Å². The van der Waals surface area contributed by atoms with E-state index in [2.05, 4.69) is 16.1 Å². The number of hydrogen-bond donors (Lipinski definition) is 1. The summed E-state index contributed by atoms with van der Waals surface area (Å²) in [6, 6.07) is 13.6. The van der Waals surface area contributed by atoms with E-state index >= 15 is 0 Å². The number of nitrogens with zero attached hydrogens (tertiary/aromatic N) is 2. The van der Waals surface area contributed by atoms with Crippen LogP contribution >= 0.6 is 0 Å². The minimum atomic E-state index is -4.27. The Morgan fingerprint density at radius 2 is 1.64 bits per heavy atom. The molecule has 0 unspecified atom stereocenters. The number of imidazole rings is 1. The van der Waals surface area contributed by atoms with Gasteiger partial charge in [0.2, 0.25) is 12.2 Å². The maximum Gasteiger partial charge on any atom is 0.243 e. The Bertz CT molecular complexity index is 1050. The third kappa shape index (κ3) is 6.04. The summed E-state index contributed by atoms with van der Waals surface area (Å²) in [6.45, 7) is 3.33. The Morgan fingerprint density at radius 1 is 1.07 bits per heavy atom. The number of rotatable bonds is 3. The van der Waals surface area contributed by atoms with Crippen molar-refractivity contribution in [3.8, 4) is 11.3 Å². The topological polar surface area (TPSA) is 95.1 Å². The summed E-state index contributed by atoms with van der Waals surface area (Å²) < 4.78 is 35.2. The number of carbonyl (C=O) groups is 1. The molecule has 0 radical (unpaired) electrons. The maximum atomic E-state index is 10.9. The summed E-state index contributed by atoms with van der Waals surface area (Å²) in [5, 5.41) is 2.75. The van der Waals surface area contributed by atoms with E-state index in [0.717, 1.165) is 22.5 Å². The standard InChI is InChI=1S/C13H15N3O.C7H8O3S/c1-10(17)14-12-6-4-11(5-7-12)13-8-15(2)9-16(13)3;1-6-2-4-7(5-3-6)11(8,9)10/h4-9H,1-3H3;2-5H,1H3,(H,8,9,10). The molecule has 0 saturated carbocycles. The van der Waals surface area contributed by atoms with Crippen molar-refractivity contribution in [3.63, 3.8) is 0 Å². The molecule has 0 atom stereocenters. The van der Waals surface area contributed by atoms with Crippen molar-refractivity contribution in [3.05, 3.63) is 66.6 Å². The molecule has 3 aromatic rings. The van der Waals surface area contributed by atoms with Crippen LogP contribution in [0.25, 0.3) is 11.3 Å². The molecule has 1 N–H and O–H groups in total. The molecule has 0 aliphatic heterocycles. The van der Waals surface area contributed by atoms with Gasteiger partial charge in [0.25, 0.3) is 0 Å². The van der Waals surface area contributed by atoms with E-state index in [1.54, 1.807) is 12.1 Å². The van der Waals surface area contributed by atoms with Gasteiger partial charge in [-0.25, -0.2) is 17.6 Å². The third-order valence-electron chi connectivity index (χ3n) is 3.87. The second-order valence-corrected chi connectivity index (χ2v) is 7.81. The van der Waals surface area contributed by atoms with E-state index in [1.807, 2.05) is 56.2 Å². The van der Waals surface area contributed by atoms with Gasteiger partial charge in [0.15, 0.2) is 5.69 Å². The highest BCUT2D eigenvalue weighted by atomic mass is 32.2. The fourth-order valence-electron chi connectivity index (χ4n) is 2.56. The van der Waals surface area contributed by atoms with Gasteiger partial charge in [-0.1, -0.05) is 17.7 Å². The van der Waals surface area contributed by atoms with Crippen LogP contribution in [0, 0.1) is 6.92 Å². The van der Waals surface area contributed by atoms with Crippen molar-refractivity contribution in [2.24, 2.45) is 14.1 Å². The molecule has 2 aromatic carbocycles. The normalized spacial score (nSPS) is 10.8. The van der Waals surface area contributed by atoms with Crippen LogP contribution in [0.5, 0.6) is 0 Å². The number of hydrogen-bond acceptors (Lipinski definition) is 4. The molecule has 3 rings (SSSR count). The zero-order chi connectivity index (χ0) is 20.9. The van der Waals surface area contributed by atoms with Gasteiger partial charge >= 0.3 is 0 Å². The Kier molecular flexibility index (Phi) is 6.71. The number of nitrogens with one attached hydrogen (secondary N) is 1. The Hall–Kier alpha value is -2.97. The quantitative estimate of drug-likeness (QED) is 0.538. The van der Waals surface area contributed by atoms with Crippen LogP contribution in [0.2, 0.25) is 0 Å². The van der Waals surface area contributed by atoms with Crippen LogP contribution in [0.15, 0.2) is 66.0 Å². The fraction of sp³-hybridized carbons (Fsp3) is 0.200. The average Bonchev–Trinajstić information content (AvgIpc) is 2.93. The predicted molar refractivity (Wildman–Crippen MR) is 105 cm³/mol. The van der Waals surface area contributed by atoms with E-state index in [9.17, 15) is 17.8 Å². The van der Waals surface area contributed by atoms with Crippen molar-refractivity contribution in [2.45, 2.75) is 18.7 Å². The van der Waals surface area contributed by atoms with Crippen LogP contribution in [-0.4, -0.2) is 23.4 Å². The highest BCUT2D eigenvalue weighted by Crippen LogP contribution is 2.19. The molecule has 1 aromatic heterocycles. The van der Waals surface area contributed by atoms with E-state index in [-0.39, 0.29) is 10.8 Å². The van der Waals surface area contributed by atoms with Crippen LogP contribution in [0.1, 0.15) is 12.5 Å². The van der Waals surface area contributed by atoms with Gasteiger partial charge in [-0.2, -0.15) is 0 Å². The van der Waals surface area contributed by atoms with E-state index < -0.39 is 10.1 Å². The largest absolute Gasteiger partial charge is 0.744 e.